The second kappa shape index (κ2) is 5.71. The van der Waals surface area contributed by atoms with E-state index in [-0.39, 0.29) is 5.92 Å². The normalized spacial score (nSPS) is 12.3. The molecule has 0 aliphatic heterocycles. The summed E-state index contributed by atoms with van der Waals surface area (Å²) in [4.78, 5) is 0.327. The zero-order chi connectivity index (χ0) is 13.9. The Morgan fingerprint density at radius 2 is 1.94 bits per heavy atom. The first-order chi connectivity index (χ1) is 8.28. The summed E-state index contributed by atoms with van der Waals surface area (Å²) in [5, 5.41) is 0. The predicted octanol–water partition coefficient (Wildman–Crippen LogP) is 2.11. The van der Waals surface area contributed by atoms with Crippen LogP contribution in [0.1, 0.15) is 26.3 Å². The van der Waals surface area contributed by atoms with Gasteiger partial charge in [0.05, 0.1) is 4.90 Å². The molecule has 0 saturated carbocycles. The molecule has 0 amide bonds. The lowest BCUT2D eigenvalue weighted by Crippen LogP contribution is -2.31. The molecule has 0 fully saturated rings. The fourth-order valence-electron chi connectivity index (χ4n) is 1.88. The lowest BCUT2D eigenvalue weighted by atomic mass is 10.1. The average molecular weight is 270 g/mol. The highest BCUT2D eigenvalue weighted by Crippen LogP contribution is 2.23. The van der Waals surface area contributed by atoms with Crippen molar-refractivity contribution >= 4 is 15.7 Å². The van der Waals surface area contributed by atoms with Crippen LogP contribution in [0.4, 0.5) is 5.69 Å². The molecule has 0 saturated heterocycles. The summed E-state index contributed by atoms with van der Waals surface area (Å²) in [6, 6.07) is 5.07. The maximum Gasteiger partial charge on any atom is 0.243 e. The predicted molar refractivity (Wildman–Crippen MR) is 74.9 cm³/mol. The van der Waals surface area contributed by atoms with Gasteiger partial charge in [0.1, 0.15) is 0 Å². The molecule has 0 aliphatic carbocycles. The van der Waals surface area contributed by atoms with Gasteiger partial charge in [0, 0.05) is 19.3 Å². The van der Waals surface area contributed by atoms with E-state index >= 15 is 0 Å². The number of sulfonamides is 1. The smallest absolute Gasteiger partial charge is 0.243 e. The summed E-state index contributed by atoms with van der Waals surface area (Å²) in [7, 11) is -1.84. The molecule has 0 atom stereocenters. The molecular weight excluding hydrogens is 248 g/mol. The monoisotopic (exact) mass is 270 g/mol. The van der Waals surface area contributed by atoms with Crippen LogP contribution in [-0.2, 0) is 16.4 Å². The van der Waals surface area contributed by atoms with E-state index in [1.54, 1.807) is 25.2 Å². The molecule has 1 rings (SSSR count). The number of nitrogens with zero attached hydrogens (tertiary/aromatic N) is 1. The molecule has 5 heteroatoms. The van der Waals surface area contributed by atoms with Gasteiger partial charge in [0.2, 0.25) is 10.0 Å². The SMILES string of the molecule is CCc1ccc(N)cc1S(=O)(=O)N(C)CC(C)C. The topological polar surface area (TPSA) is 63.4 Å². The van der Waals surface area contributed by atoms with Crippen molar-refractivity contribution in [2.24, 2.45) is 5.92 Å². The molecular formula is C13H22N2O2S. The fourth-order valence-corrected chi connectivity index (χ4v) is 3.54. The Hall–Kier alpha value is -1.07. The highest BCUT2D eigenvalue weighted by molar-refractivity contribution is 7.89. The van der Waals surface area contributed by atoms with Crippen LogP contribution in [0.25, 0.3) is 0 Å². The van der Waals surface area contributed by atoms with Crippen LogP contribution in [0.3, 0.4) is 0 Å². The Kier molecular flexibility index (Phi) is 4.76. The van der Waals surface area contributed by atoms with E-state index < -0.39 is 10.0 Å². The lowest BCUT2D eigenvalue weighted by Gasteiger charge is -2.21. The Morgan fingerprint density at radius 1 is 1.33 bits per heavy atom. The first-order valence-electron chi connectivity index (χ1n) is 6.13. The van der Waals surface area contributed by atoms with Gasteiger partial charge in [0.25, 0.3) is 0 Å². The summed E-state index contributed by atoms with van der Waals surface area (Å²) in [5.41, 5.74) is 6.98. The molecule has 1 aromatic rings. The van der Waals surface area contributed by atoms with Crippen molar-refractivity contribution in [3.63, 3.8) is 0 Å². The molecule has 102 valence electrons. The molecule has 0 bridgehead atoms. The number of hydrogen-bond acceptors (Lipinski definition) is 3. The van der Waals surface area contributed by atoms with Gasteiger partial charge < -0.3 is 5.73 Å². The fraction of sp³-hybridized carbons (Fsp3) is 0.538. The van der Waals surface area contributed by atoms with Crippen molar-refractivity contribution in [1.29, 1.82) is 0 Å². The van der Waals surface area contributed by atoms with E-state index in [1.807, 2.05) is 20.8 Å². The third-order valence-corrected chi connectivity index (χ3v) is 4.69. The summed E-state index contributed by atoms with van der Waals surface area (Å²) in [6.07, 6.45) is 0.671. The minimum atomic E-state index is -3.45. The number of anilines is 1. The van der Waals surface area contributed by atoms with Crippen molar-refractivity contribution in [3.05, 3.63) is 23.8 Å². The van der Waals surface area contributed by atoms with Gasteiger partial charge in [-0.25, -0.2) is 12.7 Å². The van der Waals surface area contributed by atoms with Crippen molar-refractivity contribution < 1.29 is 8.42 Å². The van der Waals surface area contributed by atoms with Gasteiger partial charge in [-0.15, -0.1) is 0 Å². The summed E-state index contributed by atoms with van der Waals surface area (Å²) < 4.78 is 26.3. The third-order valence-electron chi connectivity index (χ3n) is 2.78. The van der Waals surface area contributed by atoms with Crippen LogP contribution in [-0.4, -0.2) is 26.3 Å². The van der Waals surface area contributed by atoms with Gasteiger partial charge in [-0.1, -0.05) is 26.8 Å². The number of rotatable bonds is 5. The first-order valence-corrected chi connectivity index (χ1v) is 7.57. The Balaban J connectivity index is 3.23. The van der Waals surface area contributed by atoms with E-state index in [9.17, 15) is 8.42 Å². The first kappa shape index (κ1) is 15.0. The lowest BCUT2D eigenvalue weighted by molar-refractivity contribution is 0.417. The number of nitrogens with two attached hydrogens (primary N) is 1. The molecule has 0 aliphatic rings. The molecule has 1 aromatic carbocycles. The van der Waals surface area contributed by atoms with E-state index in [0.29, 0.717) is 23.5 Å². The van der Waals surface area contributed by atoms with E-state index in [4.69, 9.17) is 5.73 Å². The molecule has 4 nitrogen and oxygen atoms in total. The zero-order valence-corrected chi connectivity index (χ0v) is 12.3. The van der Waals surface area contributed by atoms with Crippen LogP contribution in [0, 0.1) is 5.92 Å². The van der Waals surface area contributed by atoms with Crippen molar-refractivity contribution in [1.82, 2.24) is 4.31 Å². The molecule has 0 aromatic heterocycles. The average Bonchev–Trinajstić information content (AvgIpc) is 2.28. The van der Waals surface area contributed by atoms with Gasteiger partial charge in [-0.2, -0.15) is 0 Å². The van der Waals surface area contributed by atoms with Crippen LogP contribution in [0.5, 0.6) is 0 Å². The molecule has 2 N–H and O–H groups in total. The van der Waals surface area contributed by atoms with Crippen molar-refractivity contribution in [2.45, 2.75) is 32.1 Å². The van der Waals surface area contributed by atoms with Crippen molar-refractivity contribution in [3.8, 4) is 0 Å². The minimum Gasteiger partial charge on any atom is -0.399 e. The molecule has 0 heterocycles. The Morgan fingerprint density at radius 3 is 2.44 bits per heavy atom. The quantitative estimate of drug-likeness (QED) is 0.833. The van der Waals surface area contributed by atoms with Crippen molar-refractivity contribution in [2.75, 3.05) is 19.3 Å². The van der Waals surface area contributed by atoms with E-state index in [1.165, 1.54) is 4.31 Å². The van der Waals surface area contributed by atoms with E-state index in [0.717, 1.165) is 5.56 Å². The summed E-state index contributed by atoms with van der Waals surface area (Å²) in [5.74, 6) is 0.288. The van der Waals surface area contributed by atoms with Gasteiger partial charge in [-0.05, 0) is 30.0 Å². The highest BCUT2D eigenvalue weighted by Gasteiger charge is 2.24. The third kappa shape index (κ3) is 3.23. The Labute approximate surface area is 110 Å². The second-order valence-electron chi connectivity index (χ2n) is 4.90. The molecule has 0 unspecified atom stereocenters. The number of nitrogen functional groups attached to an aromatic ring is 1. The van der Waals surface area contributed by atoms with Crippen LogP contribution in [0.2, 0.25) is 0 Å². The Bertz CT molecular complexity index is 510. The molecule has 0 spiro atoms. The van der Waals surface area contributed by atoms with E-state index in [2.05, 4.69) is 0 Å². The molecule has 18 heavy (non-hydrogen) atoms. The van der Waals surface area contributed by atoms with Crippen LogP contribution in [0.15, 0.2) is 23.1 Å². The van der Waals surface area contributed by atoms with Crippen LogP contribution < -0.4 is 5.73 Å². The number of aryl methyl sites for hydroxylation is 1. The number of hydrogen-bond donors (Lipinski definition) is 1. The van der Waals surface area contributed by atoms with Gasteiger partial charge in [0.15, 0.2) is 0 Å². The summed E-state index contributed by atoms with van der Waals surface area (Å²) in [6.45, 7) is 6.42. The van der Waals surface area contributed by atoms with Crippen LogP contribution >= 0.6 is 0 Å². The minimum absolute atomic E-state index is 0.288. The largest absolute Gasteiger partial charge is 0.399 e. The van der Waals surface area contributed by atoms with Gasteiger partial charge >= 0.3 is 0 Å². The standard InChI is InChI=1S/C13H22N2O2S/c1-5-11-6-7-12(14)8-13(11)18(16,17)15(4)9-10(2)3/h6-8,10H,5,9,14H2,1-4H3. The molecule has 0 radical (unpaired) electrons. The van der Waals surface area contributed by atoms with Gasteiger partial charge in [-0.3, -0.25) is 0 Å². The second-order valence-corrected chi connectivity index (χ2v) is 6.91. The zero-order valence-electron chi connectivity index (χ0n) is 11.5. The summed E-state index contributed by atoms with van der Waals surface area (Å²) >= 11 is 0. The number of benzene rings is 1. The maximum atomic E-state index is 12.5. The highest BCUT2D eigenvalue weighted by atomic mass is 32.2. The maximum absolute atomic E-state index is 12.5.